The van der Waals surface area contributed by atoms with Crippen LogP contribution in [0.5, 0.6) is 0 Å². The number of carbonyl (C=O) groups excluding carboxylic acids is 1. The van der Waals surface area contributed by atoms with Crippen LogP contribution in [-0.2, 0) is 20.8 Å². The number of rotatable bonds is 6. The maximum Gasteiger partial charge on any atom is 0.326 e. The van der Waals surface area contributed by atoms with Crippen LogP contribution in [0.1, 0.15) is 0 Å². The molecular formula is C17H16N2O4S. The Hall–Kier alpha value is -2.51. The summed E-state index contributed by atoms with van der Waals surface area (Å²) in [5.74, 6) is -0.492. The highest BCUT2D eigenvalue weighted by Gasteiger charge is 2.12. The van der Waals surface area contributed by atoms with Crippen LogP contribution in [0.3, 0.4) is 0 Å². The summed E-state index contributed by atoms with van der Waals surface area (Å²) in [6.45, 7) is 0.321. The molecule has 24 heavy (non-hydrogen) atoms. The Morgan fingerprint density at radius 2 is 2.04 bits per heavy atom. The van der Waals surface area contributed by atoms with Gasteiger partial charge in [0, 0.05) is 12.0 Å². The molecule has 3 aromatic rings. The van der Waals surface area contributed by atoms with Crippen LogP contribution in [0.25, 0.3) is 20.7 Å². The van der Waals surface area contributed by atoms with E-state index in [2.05, 4.69) is 4.98 Å². The number of methoxy groups -OCH3 is 1. The van der Waals surface area contributed by atoms with E-state index in [1.807, 2.05) is 36.4 Å². The maximum atomic E-state index is 12.5. The number of aromatic nitrogens is 2. The lowest BCUT2D eigenvalue weighted by Gasteiger charge is -2.05. The molecule has 3 rings (SSSR count). The third-order valence-corrected chi connectivity index (χ3v) is 4.52. The van der Waals surface area contributed by atoms with Crippen LogP contribution in [0, 0.1) is 0 Å². The number of carbonyl (C=O) groups is 1. The summed E-state index contributed by atoms with van der Waals surface area (Å²) < 4.78 is 11.1. The number of esters is 1. The molecule has 0 radical (unpaired) electrons. The quantitative estimate of drug-likeness (QED) is 0.507. The smallest absolute Gasteiger partial charge is 0.326 e. The van der Waals surface area contributed by atoms with Crippen molar-refractivity contribution in [1.29, 1.82) is 0 Å². The Kier molecular flexibility index (Phi) is 5.02. The fourth-order valence-corrected chi connectivity index (χ4v) is 3.24. The van der Waals surface area contributed by atoms with Crippen LogP contribution >= 0.6 is 11.3 Å². The molecule has 7 heteroatoms. The van der Waals surface area contributed by atoms with E-state index in [1.54, 1.807) is 0 Å². The number of hydrogen-bond acceptors (Lipinski definition) is 6. The fourth-order valence-electron chi connectivity index (χ4n) is 2.24. The first-order chi connectivity index (χ1) is 11.7. The van der Waals surface area contributed by atoms with Gasteiger partial charge in [-0.1, -0.05) is 30.3 Å². The summed E-state index contributed by atoms with van der Waals surface area (Å²) in [6.07, 6.45) is 1.38. The molecule has 0 N–H and O–H groups in total. The van der Waals surface area contributed by atoms with Crippen molar-refractivity contribution in [2.45, 2.75) is 6.54 Å². The van der Waals surface area contributed by atoms with E-state index < -0.39 is 5.97 Å². The molecule has 124 valence electrons. The van der Waals surface area contributed by atoms with Crippen molar-refractivity contribution in [2.24, 2.45) is 0 Å². The Bertz CT molecular complexity index is 902. The van der Waals surface area contributed by atoms with Crippen molar-refractivity contribution >= 4 is 27.5 Å². The first-order valence-corrected chi connectivity index (χ1v) is 8.19. The van der Waals surface area contributed by atoms with Gasteiger partial charge in [0.15, 0.2) is 0 Å². The molecule has 0 atom stereocenters. The van der Waals surface area contributed by atoms with E-state index in [9.17, 15) is 9.59 Å². The lowest BCUT2D eigenvalue weighted by atomic mass is 10.2. The SMILES string of the molecule is COCCOC(=O)Cn1cnc2sc(-c3ccccc3)cc2c1=O. The number of thiophene rings is 1. The van der Waals surface area contributed by atoms with Crippen LogP contribution in [0.4, 0.5) is 0 Å². The number of ether oxygens (including phenoxy) is 2. The van der Waals surface area contributed by atoms with Gasteiger partial charge in [-0.15, -0.1) is 11.3 Å². The number of nitrogens with zero attached hydrogens (tertiary/aromatic N) is 2. The summed E-state index contributed by atoms with van der Waals surface area (Å²) in [7, 11) is 1.52. The minimum absolute atomic E-state index is 0.163. The predicted molar refractivity (Wildman–Crippen MR) is 92.2 cm³/mol. The van der Waals surface area contributed by atoms with Gasteiger partial charge in [0.05, 0.1) is 18.3 Å². The second-order valence-corrected chi connectivity index (χ2v) is 6.12. The molecule has 0 amide bonds. The van der Waals surface area contributed by atoms with Crippen molar-refractivity contribution < 1.29 is 14.3 Å². The standard InChI is InChI=1S/C17H16N2O4S/c1-22-7-8-23-15(20)10-19-11-18-16-13(17(19)21)9-14(24-16)12-5-3-2-4-6-12/h2-6,9,11H,7-8,10H2,1H3. The van der Waals surface area contributed by atoms with Crippen molar-refractivity contribution in [1.82, 2.24) is 9.55 Å². The van der Waals surface area contributed by atoms with E-state index in [4.69, 9.17) is 9.47 Å². The van der Waals surface area contributed by atoms with Gasteiger partial charge in [0.1, 0.15) is 18.0 Å². The molecule has 0 aliphatic heterocycles. The largest absolute Gasteiger partial charge is 0.462 e. The third kappa shape index (κ3) is 3.52. The van der Waals surface area contributed by atoms with Crippen LogP contribution in [0.2, 0.25) is 0 Å². The van der Waals surface area contributed by atoms with Gasteiger partial charge in [-0.3, -0.25) is 14.2 Å². The van der Waals surface area contributed by atoms with Crippen molar-refractivity contribution in [3.05, 3.63) is 53.1 Å². The molecule has 0 saturated heterocycles. The molecule has 0 aliphatic carbocycles. The molecule has 1 aromatic carbocycles. The van der Waals surface area contributed by atoms with Crippen LogP contribution < -0.4 is 5.56 Å². The van der Waals surface area contributed by atoms with E-state index in [1.165, 1.54) is 29.3 Å². The normalized spacial score (nSPS) is 10.9. The molecule has 0 saturated carbocycles. The zero-order chi connectivity index (χ0) is 16.9. The summed E-state index contributed by atoms with van der Waals surface area (Å²) in [6, 6.07) is 11.6. The lowest BCUT2D eigenvalue weighted by Crippen LogP contribution is -2.25. The van der Waals surface area contributed by atoms with E-state index in [-0.39, 0.29) is 18.7 Å². The second-order valence-electron chi connectivity index (χ2n) is 5.09. The van der Waals surface area contributed by atoms with Crippen LogP contribution in [-0.4, -0.2) is 35.8 Å². The average molecular weight is 344 g/mol. The average Bonchev–Trinajstić information content (AvgIpc) is 3.04. The van der Waals surface area contributed by atoms with Gasteiger partial charge >= 0.3 is 5.97 Å². The molecule has 2 heterocycles. The number of fused-ring (bicyclic) bond motifs is 1. The van der Waals surface area contributed by atoms with Gasteiger partial charge in [0.25, 0.3) is 5.56 Å². The topological polar surface area (TPSA) is 70.4 Å². The lowest BCUT2D eigenvalue weighted by molar-refractivity contribution is -0.145. The summed E-state index contributed by atoms with van der Waals surface area (Å²) in [5.41, 5.74) is 0.785. The summed E-state index contributed by atoms with van der Waals surface area (Å²) >= 11 is 1.45. The molecule has 0 fully saturated rings. The number of benzene rings is 1. The second kappa shape index (κ2) is 7.37. The summed E-state index contributed by atoms with van der Waals surface area (Å²) in [5, 5.41) is 0.506. The van der Waals surface area contributed by atoms with Crippen LogP contribution in [0.15, 0.2) is 47.5 Å². The predicted octanol–water partition coefficient (Wildman–Crippen LogP) is 2.31. The molecule has 0 spiro atoms. The van der Waals surface area contributed by atoms with Gasteiger partial charge in [0.2, 0.25) is 0 Å². The number of hydrogen-bond donors (Lipinski definition) is 0. The Labute approximate surface area is 142 Å². The molecule has 6 nitrogen and oxygen atoms in total. The highest BCUT2D eigenvalue weighted by molar-refractivity contribution is 7.21. The van der Waals surface area contributed by atoms with Gasteiger partial charge in [-0.25, -0.2) is 4.98 Å². The molecular weight excluding hydrogens is 328 g/mol. The summed E-state index contributed by atoms with van der Waals surface area (Å²) in [4.78, 5) is 30.2. The first kappa shape index (κ1) is 16.4. The van der Waals surface area contributed by atoms with E-state index >= 15 is 0 Å². The van der Waals surface area contributed by atoms with Gasteiger partial charge < -0.3 is 9.47 Å². The Morgan fingerprint density at radius 3 is 2.79 bits per heavy atom. The monoisotopic (exact) mass is 344 g/mol. The van der Waals surface area contributed by atoms with E-state index in [0.29, 0.717) is 16.8 Å². The molecule has 0 unspecified atom stereocenters. The molecule has 0 bridgehead atoms. The Morgan fingerprint density at radius 1 is 1.25 bits per heavy atom. The molecule has 2 aromatic heterocycles. The zero-order valence-corrected chi connectivity index (χ0v) is 13.9. The third-order valence-electron chi connectivity index (χ3n) is 3.43. The van der Waals surface area contributed by atoms with Crippen molar-refractivity contribution in [2.75, 3.05) is 20.3 Å². The fraction of sp³-hybridized carbons (Fsp3) is 0.235. The van der Waals surface area contributed by atoms with E-state index in [0.717, 1.165) is 10.4 Å². The minimum atomic E-state index is -0.492. The van der Waals surface area contributed by atoms with Gasteiger partial charge in [-0.05, 0) is 11.6 Å². The van der Waals surface area contributed by atoms with Gasteiger partial charge in [-0.2, -0.15) is 0 Å². The molecule has 0 aliphatic rings. The first-order valence-electron chi connectivity index (χ1n) is 7.38. The minimum Gasteiger partial charge on any atom is -0.462 e. The maximum absolute atomic E-state index is 12.5. The zero-order valence-electron chi connectivity index (χ0n) is 13.1. The highest BCUT2D eigenvalue weighted by Crippen LogP contribution is 2.30. The highest BCUT2D eigenvalue weighted by atomic mass is 32.1. The Balaban J connectivity index is 1.85. The van der Waals surface area contributed by atoms with Crippen molar-refractivity contribution in [3.8, 4) is 10.4 Å². The van der Waals surface area contributed by atoms with Crippen molar-refractivity contribution in [3.63, 3.8) is 0 Å².